The maximum Gasteiger partial charge on any atom is 0.138 e. The van der Waals surface area contributed by atoms with E-state index in [1.807, 2.05) is 0 Å². The second kappa shape index (κ2) is 6.58. The van der Waals surface area contributed by atoms with Gasteiger partial charge in [-0.1, -0.05) is 18.6 Å². The maximum absolute atomic E-state index is 9.95. The largest absolute Gasteiger partial charge is 0.393 e. The van der Waals surface area contributed by atoms with Crippen molar-refractivity contribution in [2.24, 2.45) is 5.92 Å². The van der Waals surface area contributed by atoms with Gasteiger partial charge in [0.1, 0.15) is 12.7 Å². The highest BCUT2D eigenvalue weighted by Crippen LogP contribution is 2.26. The van der Waals surface area contributed by atoms with Crippen LogP contribution in [0.4, 0.5) is 0 Å². The summed E-state index contributed by atoms with van der Waals surface area (Å²) in [7, 11) is 2.13. The van der Waals surface area contributed by atoms with Crippen LogP contribution in [0, 0.1) is 12.8 Å². The molecule has 0 aliphatic heterocycles. The standard InChI is InChI=1S/C17H24N4O/c1-13-8-14(6-7-16(13)21-12-18-11-19-21)9-20(2)10-15-4-3-5-17(15)22/h6-8,11-12,15,17,22H,3-5,9-10H2,1-2H3. The van der Waals surface area contributed by atoms with Gasteiger partial charge in [-0.15, -0.1) is 0 Å². The summed E-state index contributed by atoms with van der Waals surface area (Å²) in [5.74, 6) is 0.431. The van der Waals surface area contributed by atoms with Gasteiger partial charge < -0.3 is 10.0 Å². The first kappa shape index (κ1) is 15.2. The second-order valence-electron chi connectivity index (χ2n) is 6.42. The Bertz CT molecular complexity index is 611. The third kappa shape index (κ3) is 3.36. The van der Waals surface area contributed by atoms with Crippen molar-refractivity contribution >= 4 is 0 Å². The van der Waals surface area contributed by atoms with Crippen LogP contribution in [0.15, 0.2) is 30.9 Å². The molecule has 0 radical (unpaired) electrons. The summed E-state index contributed by atoms with van der Waals surface area (Å²) >= 11 is 0. The number of benzene rings is 1. The molecule has 2 unspecified atom stereocenters. The lowest BCUT2D eigenvalue weighted by atomic mass is 10.0. The summed E-state index contributed by atoms with van der Waals surface area (Å²) in [6.07, 6.45) is 6.42. The predicted molar refractivity (Wildman–Crippen MR) is 85.8 cm³/mol. The summed E-state index contributed by atoms with van der Waals surface area (Å²) in [6, 6.07) is 6.45. The summed E-state index contributed by atoms with van der Waals surface area (Å²) in [6.45, 7) is 3.97. The fourth-order valence-corrected chi connectivity index (χ4v) is 3.41. The van der Waals surface area contributed by atoms with Crippen LogP contribution >= 0.6 is 0 Å². The van der Waals surface area contributed by atoms with Gasteiger partial charge in [0.15, 0.2) is 0 Å². The molecule has 1 aliphatic rings. The summed E-state index contributed by atoms with van der Waals surface area (Å²) < 4.78 is 1.79. The Morgan fingerprint density at radius 2 is 2.23 bits per heavy atom. The third-order valence-electron chi connectivity index (χ3n) is 4.54. The number of aromatic nitrogens is 3. The number of aliphatic hydroxyl groups excluding tert-OH is 1. The molecule has 2 atom stereocenters. The number of rotatable bonds is 5. The molecular weight excluding hydrogens is 276 g/mol. The molecule has 1 fully saturated rings. The van der Waals surface area contributed by atoms with E-state index in [0.29, 0.717) is 5.92 Å². The van der Waals surface area contributed by atoms with Crippen LogP contribution < -0.4 is 0 Å². The molecule has 1 aromatic heterocycles. The van der Waals surface area contributed by atoms with E-state index in [1.54, 1.807) is 17.3 Å². The van der Waals surface area contributed by atoms with Crippen molar-refractivity contribution in [1.82, 2.24) is 19.7 Å². The fourth-order valence-electron chi connectivity index (χ4n) is 3.41. The van der Waals surface area contributed by atoms with Crippen LogP contribution in [-0.4, -0.2) is 44.5 Å². The number of hydrogen-bond donors (Lipinski definition) is 1. The van der Waals surface area contributed by atoms with Gasteiger partial charge >= 0.3 is 0 Å². The molecule has 0 saturated heterocycles. The van der Waals surface area contributed by atoms with E-state index in [0.717, 1.165) is 38.0 Å². The number of aryl methyl sites for hydroxylation is 1. The monoisotopic (exact) mass is 300 g/mol. The van der Waals surface area contributed by atoms with E-state index < -0.39 is 0 Å². The fraction of sp³-hybridized carbons (Fsp3) is 0.529. The SMILES string of the molecule is Cc1cc(CN(C)CC2CCCC2O)ccc1-n1cncn1. The lowest BCUT2D eigenvalue weighted by molar-refractivity contribution is 0.108. The Balaban J connectivity index is 1.64. The van der Waals surface area contributed by atoms with E-state index in [9.17, 15) is 5.11 Å². The molecule has 0 bridgehead atoms. The molecule has 0 spiro atoms. The highest BCUT2D eigenvalue weighted by Gasteiger charge is 2.26. The lowest BCUT2D eigenvalue weighted by Gasteiger charge is -2.23. The molecule has 22 heavy (non-hydrogen) atoms. The van der Waals surface area contributed by atoms with E-state index >= 15 is 0 Å². The smallest absolute Gasteiger partial charge is 0.138 e. The van der Waals surface area contributed by atoms with Crippen molar-refractivity contribution in [1.29, 1.82) is 0 Å². The number of hydrogen-bond acceptors (Lipinski definition) is 4. The average Bonchev–Trinajstić information content (AvgIpc) is 3.12. The molecule has 1 N–H and O–H groups in total. The minimum absolute atomic E-state index is 0.112. The van der Waals surface area contributed by atoms with Crippen molar-refractivity contribution in [3.8, 4) is 5.69 Å². The molecule has 1 saturated carbocycles. The van der Waals surface area contributed by atoms with Gasteiger partial charge in [-0.05, 0) is 49.9 Å². The zero-order valence-electron chi connectivity index (χ0n) is 13.3. The molecule has 0 amide bonds. The van der Waals surface area contributed by atoms with E-state index in [2.05, 4.69) is 47.2 Å². The van der Waals surface area contributed by atoms with Crippen molar-refractivity contribution in [3.05, 3.63) is 42.0 Å². The molecule has 2 aromatic rings. The Morgan fingerprint density at radius 3 is 2.86 bits per heavy atom. The van der Waals surface area contributed by atoms with Crippen LogP contribution in [0.2, 0.25) is 0 Å². The van der Waals surface area contributed by atoms with Crippen LogP contribution in [0.3, 0.4) is 0 Å². The maximum atomic E-state index is 9.95. The highest BCUT2D eigenvalue weighted by molar-refractivity contribution is 5.41. The van der Waals surface area contributed by atoms with Gasteiger partial charge in [-0.2, -0.15) is 5.10 Å². The first-order valence-corrected chi connectivity index (χ1v) is 7.94. The van der Waals surface area contributed by atoms with Gasteiger partial charge in [-0.3, -0.25) is 0 Å². The lowest BCUT2D eigenvalue weighted by Crippen LogP contribution is -2.29. The number of nitrogens with zero attached hydrogens (tertiary/aromatic N) is 4. The van der Waals surface area contributed by atoms with Crippen LogP contribution in [-0.2, 0) is 6.54 Å². The van der Waals surface area contributed by atoms with Crippen molar-refractivity contribution in [2.75, 3.05) is 13.6 Å². The average molecular weight is 300 g/mol. The zero-order chi connectivity index (χ0) is 15.5. The third-order valence-corrected chi connectivity index (χ3v) is 4.54. The van der Waals surface area contributed by atoms with Gasteiger partial charge in [0.2, 0.25) is 0 Å². The molecule has 1 aromatic carbocycles. The predicted octanol–water partition coefficient (Wildman–Crippen LogP) is 2.17. The van der Waals surface area contributed by atoms with Crippen molar-refractivity contribution in [2.45, 2.75) is 38.8 Å². The molecule has 1 heterocycles. The van der Waals surface area contributed by atoms with E-state index in [4.69, 9.17) is 0 Å². The summed E-state index contributed by atoms with van der Waals surface area (Å²) in [4.78, 5) is 6.30. The molecule has 118 valence electrons. The van der Waals surface area contributed by atoms with Crippen molar-refractivity contribution in [3.63, 3.8) is 0 Å². The summed E-state index contributed by atoms with van der Waals surface area (Å²) in [5.41, 5.74) is 3.55. The quantitative estimate of drug-likeness (QED) is 0.919. The van der Waals surface area contributed by atoms with Gasteiger partial charge in [-0.25, -0.2) is 9.67 Å². The Hall–Kier alpha value is -1.72. The Labute approximate surface area is 131 Å². The summed E-state index contributed by atoms with van der Waals surface area (Å²) in [5, 5.41) is 14.1. The van der Waals surface area contributed by atoms with E-state index in [-0.39, 0.29) is 6.10 Å². The molecule has 5 heteroatoms. The Kier molecular flexibility index (Phi) is 4.55. The van der Waals surface area contributed by atoms with E-state index in [1.165, 1.54) is 11.1 Å². The van der Waals surface area contributed by atoms with Gasteiger partial charge in [0.25, 0.3) is 0 Å². The highest BCUT2D eigenvalue weighted by atomic mass is 16.3. The first-order valence-electron chi connectivity index (χ1n) is 7.94. The first-order chi connectivity index (χ1) is 10.6. The molecule has 5 nitrogen and oxygen atoms in total. The zero-order valence-corrected chi connectivity index (χ0v) is 13.3. The minimum Gasteiger partial charge on any atom is -0.393 e. The normalized spacial score (nSPS) is 21.6. The van der Waals surface area contributed by atoms with Crippen LogP contribution in [0.25, 0.3) is 5.69 Å². The molecular formula is C17H24N4O. The van der Waals surface area contributed by atoms with Crippen molar-refractivity contribution < 1.29 is 5.11 Å². The minimum atomic E-state index is -0.112. The second-order valence-corrected chi connectivity index (χ2v) is 6.42. The van der Waals surface area contributed by atoms with Crippen LogP contribution in [0.5, 0.6) is 0 Å². The Morgan fingerprint density at radius 1 is 1.36 bits per heavy atom. The molecule has 1 aliphatic carbocycles. The topological polar surface area (TPSA) is 54.2 Å². The van der Waals surface area contributed by atoms with Gasteiger partial charge in [0, 0.05) is 13.1 Å². The van der Waals surface area contributed by atoms with Crippen LogP contribution in [0.1, 0.15) is 30.4 Å². The molecule has 3 rings (SSSR count). The number of aliphatic hydroxyl groups is 1. The van der Waals surface area contributed by atoms with Gasteiger partial charge in [0.05, 0.1) is 11.8 Å².